The summed E-state index contributed by atoms with van der Waals surface area (Å²) < 4.78 is 10.5. The summed E-state index contributed by atoms with van der Waals surface area (Å²) in [4.78, 5) is 14.6. The van der Waals surface area contributed by atoms with Gasteiger partial charge in [0.05, 0.1) is 20.3 Å². The van der Waals surface area contributed by atoms with Crippen molar-refractivity contribution in [2.24, 2.45) is 0 Å². The largest absolute Gasteiger partial charge is 0.497 e. The molecule has 1 saturated heterocycles. The predicted octanol–water partition coefficient (Wildman–Crippen LogP) is 3.08. The zero-order valence-corrected chi connectivity index (χ0v) is 15.1. The summed E-state index contributed by atoms with van der Waals surface area (Å²) in [6.07, 6.45) is 1.58. The lowest BCUT2D eigenvalue weighted by molar-refractivity contribution is -0.112. The SMILES string of the molecule is COc1cccc(NC(=O)/C(C#N)=C\c2ccc(N3CCOCC3)cc2)c1. The van der Waals surface area contributed by atoms with Gasteiger partial charge in [-0.05, 0) is 35.9 Å². The van der Waals surface area contributed by atoms with Crippen LogP contribution in [-0.2, 0) is 9.53 Å². The molecule has 27 heavy (non-hydrogen) atoms. The molecule has 0 spiro atoms. The highest BCUT2D eigenvalue weighted by atomic mass is 16.5. The molecule has 1 aliphatic rings. The molecule has 2 aromatic rings. The normalized spacial score (nSPS) is 14.4. The molecule has 6 heteroatoms. The van der Waals surface area contributed by atoms with Crippen LogP contribution < -0.4 is 15.0 Å². The maximum atomic E-state index is 12.4. The van der Waals surface area contributed by atoms with Crippen molar-refractivity contribution in [3.63, 3.8) is 0 Å². The minimum Gasteiger partial charge on any atom is -0.497 e. The summed E-state index contributed by atoms with van der Waals surface area (Å²) >= 11 is 0. The van der Waals surface area contributed by atoms with E-state index in [2.05, 4.69) is 10.2 Å². The number of nitrogens with one attached hydrogen (secondary N) is 1. The standard InChI is InChI=1S/C21H21N3O3/c1-26-20-4-2-3-18(14-20)23-21(25)17(15-22)13-16-5-7-19(8-6-16)24-9-11-27-12-10-24/h2-8,13-14H,9-12H2,1H3,(H,23,25)/b17-13-. The fraction of sp³-hybridized carbons (Fsp3) is 0.238. The molecule has 2 aromatic carbocycles. The number of hydrogen-bond acceptors (Lipinski definition) is 5. The second-order valence-electron chi connectivity index (χ2n) is 6.05. The van der Waals surface area contributed by atoms with Gasteiger partial charge in [-0.2, -0.15) is 5.26 Å². The monoisotopic (exact) mass is 363 g/mol. The molecule has 3 rings (SSSR count). The number of amides is 1. The number of benzene rings is 2. The number of rotatable bonds is 5. The van der Waals surface area contributed by atoms with Crippen LogP contribution in [0.3, 0.4) is 0 Å². The summed E-state index contributed by atoms with van der Waals surface area (Å²) in [5.74, 6) is 0.178. The van der Waals surface area contributed by atoms with E-state index in [0.29, 0.717) is 11.4 Å². The molecule has 1 N–H and O–H groups in total. The van der Waals surface area contributed by atoms with Crippen molar-refractivity contribution in [3.8, 4) is 11.8 Å². The lowest BCUT2D eigenvalue weighted by Crippen LogP contribution is -2.36. The van der Waals surface area contributed by atoms with Gasteiger partial charge in [-0.15, -0.1) is 0 Å². The highest BCUT2D eigenvalue weighted by Crippen LogP contribution is 2.20. The fourth-order valence-corrected chi connectivity index (χ4v) is 2.82. The van der Waals surface area contributed by atoms with E-state index in [4.69, 9.17) is 9.47 Å². The number of nitrogens with zero attached hydrogens (tertiary/aromatic N) is 2. The van der Waals surface area contributed by atoms with Crippen LogP contribution in [0, 0.1) is 11.3 Å². The Morgan fingerprint density at radius 3 is 2.63 bits per heavy atom. The first-order valence-electron chi connectivity index (χ1n) is 8.69. The van der Waals surface area contributed by atoms with Crippen molar-refractivity contribution >= 4 is 23.4 Å². The molecule has 1 fully saturated rings. The average molecular weight is 363 g/mol. The first-order valence-corrected chi connectivity index (χ1v) is 8.69. The number of carbonyl (C=O) groups excluding carboxylic acids is 1. The van der Waals surface area contributed by atoms with Gasteiger partial charge in [-0.1, -0.05) is 18.2 Å². The third-order valence-electron chi connectivity index (χ3n) is 4.27. The minimum atomic E-state index is -0.456. The third-order valence-corrected chi connectivity index (χ3v) is 4.27. The number of methoxy groups -OCH3 is 1. The maximum absolute atomic E-state index is 12.4. The van der Waals surface area contributed by atoms with E-state index in [-0.39, 0.29) is 5.57 Å². The third kappa shape index (κ3) is 4.87. The van der Waals surface area contributed by atoms with Crippen molar-refractivity contribution in [1.82, 2.24) is 0 Å². The molecular formula is C21H21N3O3. The van der Waals surface area contributed by atoms with Crippen LogP contribution in [0.5, 0.6) is 5.75 Å². The molecule has 0 aliphatic carbocycles. The van der Waals surface area contributed by atoms with Crippen LogP contribution in [0.1, 0.15) is 5.56 Å². The Bertz CT molecular complexity index is 863. The molecule has 138 valence electrons. The Kier molecular flexibility index (Phi) is 6.08. The highest BCUT2D eigenvalue weighted by Gasteiger charge is 2.12. The first-order chi connectivity index (χ1) is 13.2. The molecule has 6 nitrogen and oxygen atoms in total. The van der Waals surface area contributed by atoms with E-state index < -0.39 is 5.91 Å². The number of ether oxygens (including phenoxy) is 2. The van der Waals surface area contributed by atoms with Crippen LogP contribution in [0.15, 0.2) is 54.1 Å². The van der Waals surface area contributed by atoms with Gasteiger partial charge in [-0.3, -0.25) is 4.79 Å². The Labute approximate surface area is 158 Å². The van der Waals surface area contributed by atoms with Gasteiger partial charge in [0.1, 0.15) is 17.4 Å². The van der Waals surface area contributed by atoms with Crippen LogP contribution in [0.4, 0.5) is 11.4 Å². The molecule has 0 saturated carbocycles. The fourth-order valence-electron chi connectivity index (χ4n) is 2.82. The van der Waals surface area contributed by atoms with E-state index in [1.54, 1.807) is 37.5 Å². The Hall–Kier alpha value is -3.30. The van der Waals surface area contributed by atoms with E-state index in [9.17, 15) is 10.1 Å². The summed E-state index contributed by atoms with van der Waals surface area (Å²) in [7, 11) is 1.56. The minimum absolute atomic E-state index is 0.0388. The molecule has 0 unspecified atom stereocenters. The summed E-state index contributed by atoms with van der Waals surface area (Å²) in [6.45, 7) is 3.18. The lowest BCUT2D eigenvalue weighted by atomic mass is 10.1. The van der Waals surface area contributed by atoms with Gasteiger partial charge in [0, 0.05) is 30.5 Å². The van der Waals surface area contributed by atoms with Crippen LogP contribution >= 0.6 is 0 Å². The number of carbonyl (C=O) groups is 1. The molecule has 0 atom stereocenters. The van der Waals surface area contributed by atoms with Gasteiger partial charge in [0.2, 0.25) is 0 Å². The second kappa shape index (κ2) is 8.88. The highest BCUT2D eigenvalue weighted by molar-refractivity contribution is 6.09. The van der Waals surface area contributed by atoms with Gasteiger partial charge in [0.15, 0.2) is 0 Å². The Morgan fingerprint density at radius 1 is 1.22 bits per heavy atom. The van der Waals surface area contributed by atoms with Crippen molar-refractivity contribution in [2.75, 3.05) is 43.6 Å². The van der Waals surface area contributed by atoms with E-state index in [0.717, 1.165) is 37.6 Å². The molecule has 0 radical (unpaired) electrons. The quantitative estimate of drug-likeness (QED) is 0.653. The van der Waals surface area contributed by atoms with Crippen molar-refractivity contribution in [2.45, 2.75) is 0 Å². The average Bonchev–Trinajstić information content (AvgIpc) is 2.73. The molecular weight excluding hydrogens is 342 g/mol. The molecule has 0 bridgehead atoms. The molecule has 1 heterocycles. The van der Waals surface area contributed by atoms with Crippen LogP contribution in [-0.4, -0.2) is 39.3 Å². The number of nitriles is 1. The first kappa shape index (κ1) is 18.5. The number of anilines is 2. The zero-order chi connectivity index (χ0) is 19.1. The summed E-state index contributed by atoms with van der Waals surface area (Å²) in [5.41, 5.74) is 2.51. The second-order valence-corrected chi connectivity index (χ2v) is 6.05. The maximum Gasteiger partial charge on any atom is 0.266 e. The number of hydrogen-bond donors (Lipinski definition) is 1. The van der Waals surface area contributed by atoms with Gasteiger partial charge >= 0.3 is 0 Å². The lowest BCUT2D eigenvalue weighted by Gasteiger charge is -2.28. The number of morpholine rings is 1. The molecule has 1 amide bonds. The van der Waals surface area contributed by atoms with E-state index in [1.165, 1.54) is 0 Å². The Morgan fingerprint density at radius 2 is 1.96 bits per heavy atom. The molecule has 1 aliphatic heterocycles. The van der Waals surface area contributed by atoms with Gasteiger partial charge in [-0.25, -0.2) is 0 Å². The van der Waals surface area contributed by atoms with Crippen LogP contribution in [0.25, 0.3) is 6.08 Å². The smallest absolute Gasteiger partial charge is 0.266 e. The van der Waals surface area contributed by atoms with Gasteiger partial charge < -0.3 is 19.7 Å². The summed E-state index contributed by atoms with van der Waals surface area (Å²) in [6, 6.07) is 16.8. The van der Waals surface area contributed by atoms with E-state index >= 15 is 0 Å². The Balaban J connectivity index is 1.71. The molecule has 0 aromatic heterocycles. The van der Waals surface area contributed by atoms with Crippen LogP contribution in [0.2, 0.25) is 0 Å². The van der Waals surface area contributed by atoms with Crippen molar-refractivity contribution in [3.05, 3.63) is 59.7 Å². The van der Waals surface area contributed by atoms with E-state index in [1.807, 2.05) is 30.3 Å². The van der Waals surface area contributed by atoms with Crippen molar-refractivity contribution < 1.29 is 14.3 Å². The van der Waals surface area contributed by atoms with Gasteiger partial charge in [0.25, 0.3) is 5.91 Å². The predicted molar refractivity (Wildman–Crippen MR) is 105 cm³/mol. The zero-order valence-electron chi connectivity index (χ0n) is 15.1. The topological polar surface area (TPSA) is 74.6 Å². The van der Waals surface area contributed by atoms with Crippen molar-refractivity contribution in [1.29, 1.82) is 5.26 Å². The summed E-state index contributed by atoms with van der Waals surface area (Å²) in [5, 5.41) is 12.1.